The predicted molar refractivity (Wildman–Crippen MR) is 114 cm³/mol. The molecule has 0 atom stereocenters. The van der Waals surface area contributed by atoms with E-state index in [0.29, 0.717) is 34.5 Å². The van der Waals surface area contributed by atoms with E-state index in [-0.39, 0.29) is 12.5 Å². The van der Waals surface area contributed by atoms with Crippen LogP contribution in [0.1, 0.15) is 42.5 Å². The number of nitrogens with zero attached hydrogens (tertiary/aromatic N) is 1. The van der Waals surface area contributed by atoms with E-state index < -0.39 is 5.97 Å². The lowest BCUT2D eigenvalue weighted by atomic mass is 9.97. The topological polar surface area (TPSA) is 81.4 Å². The highest BCUT2D eigenvalue weighted by Gasteiger charge is 2.17. The number of benzene rings is 1. The van der Waals surface area contributed by atoms with Gasteiger partial charge in [0, 0.05) is 11.9 Å². The SMILES string of the molecule is O=C(COC(=O)c1cc(-c2ccco2)nc2ccccc12)NCCC1=CCCCC1. The lowest BCUT2D eigenvalue weighted by Crippen LogP contribution is -2.30. The van der Waals surface area contributed by atoms with Gasteiger partial charge < -0.3 is 14.5 Å². The molecule has 0 bridgehead atoms. The summed E-state index contributed by atoms with van der Waals surface area (Å²) < 4.78 is 10.7. The van der Waals surface area contributed by atoms with E-state index in [1.807, 2.05) is 24.3 Å². The number of fused-ring (bicyclic) bond motifs is 1. The standard InChI is InChI=1S/C24H24N2O4/c27-23(25-13-12-17-7-2-1-3-8-17)16-30-24(28)19-15-21(22-11-6-14-29-22)26-20-10-5-4-9-18(19)20/h4-7,9-11,14-15H,1-3,8,12-13,16H2,(H,25,27). The van der Waals surface area contributed by atoms with Crippen molar-refractivity contribution in [2.24, 2.45) is 0 Å². The van der Waals surface area contributed by atoms with Gasteiger partial charge in [0.25, 0.3) is 5.91 Å². The van der Waals surface area contributed by atoms with E-state index in [4.69, 9.17) is 9.15 Å². The molecule has 1 N–H and O–H groups in total. The van der Waals surface area contributed by atoms with Crippen molar-refractivity contribution < 1.29 is 18.7 Å². The maximum absolute atomic E-state index is 12.7. The molecule has 0 unspecified atom stereocenters. The molecule has 4 rings (SSSR count). The van der Waals surface area contributed by atoms with Crippen molar-refractivity contribution in [2.45, 2.75) is 32.1 Å². The maximum atomic E-state index is 12.7. The van der Waals surface area contributed by atoms with E-state index in [1.165, 1.54) is 18.4 Å². The van der Waals surface area contributed by atoms with Crippen LogP contribution in [0, 0.1) is 0 Å². The Balaban J connectivity index is 1.40. The molecule has 2 heterocycles. The summed E-state index contributed by atoms with van der Waals surface area (Å²) in [5, 5.41) is 3.49. The van der Waals surface area contributed by atoms with Crippen LogP contribution in [0.3, 0.4) is 0 Å². The second-order valence-corrected chi connectivity index (χ2v) is 7.33. The van der Waals surface area contributed by atoms with Gasteiger partial charge in [-0.1, -0.05) is 29.8 Å². The quantitative estimate of drug-likeness (QED) is 0.458. The molecular weight excluding hydrogens is 380 g/mol. The van der Waals surface area contributed by atoms with Gasteiger partial charge in [0.2, 0.25) is 0 Å². The molecule has 30 heavy (non-hydrogen) atoms. The first-order valence-electron chi connectivity index (χ1n) is 10.3. The molecule has 6 heteroatoms. The zero-order valence-electron chi connectivity index (χ0n) is 16.7. The summed E-state index contributed by atoms with van der Waals surface area (Å²) in [5.74, 6) is -0.305. The van der Waals surface area contributed by atoms with E-state index in [2.05, 4.69) is 16.4 Å². The molecule has 154 valence electrons. The number of furan rings is 1. The zero-order valence-corrected chi connectivity index (χ0v) is 16.7. The van der Waals surface area contributed by atoms with Crippen LogP contribution in [0.4, 0.5) is 0 Å². The van der Waals surface area contributed by atoms with Crippen LogP contribution in [0.15, 0.2) is 64.8 Å². The number of aromatic nitrogens is 1. The number of esters is 1. The summed E-state index contributed by atoms with van der Waals surface area (Å²) in [5.41, 5.74) is 2.94. The van der Waals surface area contributed by atoms with Gasteiger partial charge in [0.05, 0.1) is 17.3 Å². The number of rotatable bonds is 7. The summed E-state index contributed by atoms with van der Waals surface area (Å²) >= 11 is 0. The largest absolute Gasteiger partial charge is 0.463 e. The van der Waals surface area contributed by atoms with Crippen molar-refractivity contribution in [3.8, 4) is 11.5 Å². The van der Waals surface area contributed by atoms with Gasteiger partial charge >= 0.3 is 5.97 Å². The molecule has 0 saturated carbocycles. The Morgan fingerprint density at radius 2 is 2.03 bits per heavy atom. The fourth-order valence-electron chi connectivity index (χ4n) is 3.65. The first kappa shape index (κ1) is 19.9. The molecule has 0 aliphatic heterocycles. The molecule has 1 aliphatic carbocycles. The van der Waals surface area contributed by atoms with Crippen LogP contribution in [-0.2, 0) is 9.53 Å². The molecule has 0 fully saturated rings. The third-order valence-corrected chi connectivity index (χ3v) is 5.20. The summed E-state index contributed by atoms with van der Waals surface area (Å²) in [6.45, 7) is 0.244. The molecule has 3 aromatic rings. The second kappa shape index (κ2) is 9.39. The van der Waals surface area contributed by atoms with Crippen molar-refractivity contribution in [3.63, 3.8) is 0 Å². The highest BCUT2D eigenvalue weighted by molar-refractivity contribution is 6.05. The van der Waals surface area contributed by atoms with Crippen LogP contribution in [0.2, 0.25) is 0 Å². The molecule has 0 radical (unpaired) electrons. The minimum absolute atomic E-state index is 0.302. The van der Waals surface area contributed by atoms with Gasteiger partial charge in [0.1, 0.15) is 5.69 Å². The predicted octanol–water partition coefficient (Wildman–Crippen LogP) is 4.66. The fourth-order valence-corrected chi connectivity index (χ4v) is 3.65. The molecule has 1 amide bonds. The molecule has 6 nitrogen and oxygen atoms in total. The summed E-state index contributed by atoms with van der Waals surface area (Å²) in [6, 6.07) is 12.5. The minimum atomic E-state index is -0.563. The molecule has 2 aromatic heterocycles. The van der Waals surface area contributed by atoms with E-state index in [0.717, 1.165) is 19.3 Å². The number of ether oxygens (including phenoxy) is 1. The van der Waals surface area contributed by atoms with Gasteiger partial charge in [0.15, 0.2) is 12.4 Å². The molecule has 1 aromatic carbocycles. The van der Waals surface area contributed by atoms with Crippen LogP contribution in [-0.4, -0.2) is 30.0 Å². The molecular formula is C24H24N2O4. The first-order valence-corrected chi connectivity index (χ1v) is 10.3. The number of pyridine rings is 1. The van der Waals surface area contributed by atoms with Gasteiger partial charge in [-0.2, -0.15) is 0 Å². The van der Waals surface area contributed by atoms with E-state index >= 15 is 0 Å². The Morgan fingerprint density at radius 1 is 1.13 bits per heavy atom. The van der Waals surface area contributed by atoms with Crippen molar-refractivity contribution in [3.05, 3.63) is 65.9 Å². The van der Waals surface area contributed by atoms with Crippen molar-refractivity contribution in [2.75, 3.05) is 13.2 Å². The van der Waals surface area contributed by atoms with Crippen molar-refractivity contribution >= 4 is 22.8 Å². The van der Waals surface area contributed by atoms with Crippen LogP contribution >= 0.6 is 0 Å². The monoisotopic (exact) mass is 404 g/mol. The number of allylic oxidation sites excluding steroid dienone is 1. The number of hydrogen-bond donors (Lipinski definition) is 1. The lowest BCUT2D eigenvalue weighted by molar-refractivity contribution is -0.124. The number of hydrogen-bond acceptors (Lipinski definition) is 5. The Labute approximate surface area is 174 Å². The maximum Gasteiger partial charge on any atom is 0.339 e. The molecule has 0 saturated heterocycles. The van der Waals surface area contributed by atoms with Crippen LogP contribution in [0.25, 0.3) is 22.4 Å². The van der Waals surface area contributed by atoms with Gasteiger partial charge in [-0.15, -0.1) is 0 Å². The fraction of sp³-hybridized carbons (Fsp3) is 0.292. The Hall–Kier alpha value is -3.41. The van der Waals surface area contributed by atoms with Crippen molar-refractivity contribution in [1.29, 1.82) is 0 Å². The third-order valence-electron chi connectivity index (χ3n) is 5.20. The number of amides is 1. The summed E-state index contributed by atoms with van der Waals surface area (Å²) in [4.78, 5) is 29.4. The number of carbonyl (C=O) groups excluding carboxylic acids is 2. The third kappa shape index (κ3) is 4.76. The normalized spacial score (nSPS) is 13.7. The van der Waals surface area contributed by atoms with Crippen LogP contribution in [0.5, 0.6) is 0 Å². The Morgan fingerprint density at radius 3 is 2.83 bits per heavy atom. The van der Waals surface area contributed by atoms with Crippen LogP contribution < -0.4 is 5.32 Å². The van der Waals surface area contributed by atoms with E-state index in [9.17, 15) is 9.59 Å². The zero-order chi connectivity index (χ0) is 20.8. The van der Waals surface area contributed by atoms with Gasteiger partial charge in [-0.3, -0.25) is 4.79 Å². The summed E-state index contributed by atoms with van der Waals surface area (Å²) in [7, 11) is 0. The Kier molecular flexibility index (Phi) is 6.23. The first-order chi connectivity index (χ1) is 14.7. The van der Waals surface area contributed by atoms with Gasteiger partial charge in [-0.25, -0.2) is 9.78 Å². The molecule has 1 aliphatic rings. The van der Waals surface area contributed by atoms with E-state index in [1.54, 1.807) is 24.5 Å². The smallest absolute Gasteiger partial charge is 0.339 e. The summed E-state index contributed by atoms with van der Waals surface area (Å²) in [6.07, 6.45) is 9.37. The minimum Gasteiger partial charge on any atom is -0.463 e. The lowest BCUT2D eigenvalue weighted by Gasteiger charge is -2.13. The number of carbonyl (C=O) groups is 2. The Bertz CT molecular complexity index is 1070. The highest BCUT2D eigenvalue weighted by Crippen LogP contribution is 2.25. The molecule has 0 spiro atoms. The number of nitrogens with one attached hydrogen (secondary N) is 1. The second-order valence-electron chi connectivity index (χ2n) is 7.33. The number of para-hydroxylation sites is 1. The highest BCUT2D eigenvalue weighted by atomic mass is 16.5. The van der Waals surface area contributed by atoms with Crippen molar-refractivity contribution in [1.82, 2.24) is 10.3 Å². The average Bonchev–Trinajstić information content (AvgIpc) is 3.32. The average molecular weight is 404 g/mol. The van der Waals surface area contributed by atoms with Gasteiger partial charge in [-0.05, 0) is 56.4 Å².